The second-order valence-electron chi connectivity index (χ2n) is 7.70. The molecule has 1 heterocycles. The van der Waals surface area contributed by atoms with E-state index in [1.54, 1.807) is 57.6 Å². The molecule has 34 heavy (non-hydrogen) atoms. The fraction of sp³-hybridized carbons (Fsp3) is 0.167. The number of rotatable bonds is 7. The summed E-state index contributed by atoms with van der Waals surface area (Å²) in [5.74, 6) is 1.14. The number of methoxy groups -OCH3 is 1. The van der Waals surface area contributed by atoms with Crippen LogP contribution in [-0.2, 0) is 24.1 Å². The summed E-state index contributed by atoms with van der Waals surface area (Å²) >= 11 is 0. The van der Waals surface area contributed by atoms with Crippen LogP contribution in [0.4, 0.5) is 5.69 Å². The summed E-state index contributed by atoms with van der Waals surface area (Å²) in [5.41, 5.74) is 1.40. The highest BCUT2D eigenvalue weighted by molar-refractivity contribution is 7.92. The Bertz CT molecular complexity index is 1550. The summed E-state index contributed by atoms with van der Waals surface area (Å²) in [6, 6.07) is 15.6. The van der Waals surface area contributed by atoms with Crippen LogP contribution in [0.15, 0.2) is 70.4 Å². The number of ether oxygens (including phenoxy) is 2. The van der Waals surface area contributed by atoms with Gasteiger partial charge in [0.2, 0.25) is 0 Å². The molecule has 0 saturated heterocycles. The van der Waals surface area contributed by atoms with E-state index in [0.717, 1.165) is 0 Å². The number of nitrogens with one attached hydrogen (secondary N) is 1. The number of carbonyl (C=O) groups excluding carboxylic acids is 1. The number of nitrogens with zero attached hydrogens (tertiary/aromatic N) is 2. The van der Waals surface area contributed by atoms with E-state index in [9.17, 15) is 18.0 Å². The van der Waals surface area contributed by atoms with Crippen molar-refractivity contribution in [2.24, 2.45) is 14.1 Å². The minimum absolute atomic E-state index is 0.0186. The topological polar surface area (TPSA) is 109 Å². The third-order valence-corrected chi connectivity index (χ3v) is 6.86. The molecule has 1 aromatic heterocycles. The summed E-state index contributed by atoms with van der Waals surface area (Å²) in [7, 11) is 0.761. The van der Waals surface area contributed by atoms with Gasteiger partial charge in [-0.1, -0.05) is 12.1 Å². The van der Waals surface area contributed by atoms with Gasteiger partial charge in [-0.25, -0.2) is 13.2 Å². The molecule has 0 atom stereocenters. The van der Waals surface area contributed by atoms with E-state index >= 15 is 0 Å². The molecule has 1 N–H and O–H groups in total. The summed E-state index contributed by atoms with van der Waals surface area (Å²) < 4.78 is 42.8. The van der Waals surface area contributed by atoms with Gasteiger partial charge in [-0.3, -0.25) is 18.7 Å². The van der Waals surface area contributed by atoms with Crippen LogP contribution in [0.25, 0.3) is 11.0 Å². The second-order valence-corrected chi connectivity index (χ2v) is 9.38. The fourth-order valence-electron chi connectivity index (χ4n) is 3.53. The van der Waals surface area contributed by atoms with E-state index in [1.165, 1.54) is 40.3 Å². The molecule has 0 spiro atoms. The minimum Gasteiger partial charge on any atom is -0.497 e. The van der Waals surface area contributed by atoms with Crippen LogP contribution < -0.4 is 19.9 Å². The van der Waals surface area contributed by atoms with Crippen LogP contribution in [0.5, 0.6) is 17.2 Å². The maximum atomic E-state index is 13.1. The SMILES string of the molecule is COc1ccc(Oc2cc3c(cc2NS(=O)(=O)c2ccc(C(C)=O)cc2)n(C)c(=O)n3C)cc1. The molecule has 0 unspecified atom stereocenters. The Balaban J connectivity index is 1.80. The first-order valence-corrected chi connectivity index (χ1v) is 11.7. The van der Waals surface area contributed by atoms with Gasteiger partial charge in [-0.15, -0.1) is 0 Å². The zero-order valence-electron chi connectivity index (χ0n) is 19.0. The molecule has 0 bridgehead atoms. The molecule has 4 aromatic rings. The molecule has 0 aliphatic carbocycles. The standard InChI is InChI=1S/C24H23N3O6S/c1-15(28)16-5-11-19(12-6-16)34(30,31)25-20-13-21-22(27(3)24(29)26(21)2)14-23(20)33-18-9-7-17(32-4)8-10-18/h5-14,25H,1-4H3. The van der Waals surface area contributed by atoms with E-state index in [1.807, 2.05) is 0 Å². The number of fused-ring (bicyclic) bond motifs is 1. The summed E-state index contributed by atoms with van der Waals surface area (Å²) in [6.45, 7) is 1.41. The maximum Gasteiger partial charge on any atom is 0.328 e. The van der Waals surface area contributed by atoms with Crippen molar-refractivity contribution in [1.29, 1.82) is 0 Å². The Hall–Kier alpha value is -4.05. The van der Waals surface area contributed by atoms with Crippen molar-refractivity contribution >= 4 is 32.5 Å². The first-order valence-electron chi connectivity index (χ1n) is 10.3. The highest BCUT2D eigenvalue weighted by atomic mass is 32.2. The van der Waals surface area contributed by atoms with Gasteiger partial charge in [0.05, 0.1) is 28.7 Å². The van der Waals surface area contributed by atoms with Crippen molar-refractivity contribution in [3.63, 3.8) is 0 Å². The van der Waals surface area contributed by atoms with Gasteiger partial charge in [-0.05, 0) is 49.4 Å². The van der Waals surface area contributed by atoms with Crippen LogP contribution in [0.1, 0.15) is 17.3 Å². The zero-order chi connectivity index (χ0) is 24.6. The lowest BCUT2D eigenvalue weighted by Gasteiger charge is -2.15. The number of aryl methyl sites for hydroxylation is 2. The number of carbonyl (C=O) groups is 1. The summed E-state index contributed by atoms with van der Waals surface area (Å²) in [4.78, 5) is 23.9. The Morgan fingerprint density at radius 2 is 1.44 bits per heavy atom. The summed E-state index contributed by atoms with van der Waals surface area (Å²) in [5, 5.41) is 0. The normalized spacial score (nSPS) is 11.4. The van der Waals surface area contributed by atoms with Crippen molar-refractivity contribution in [3.8, 4) is 17.2 Å². The quantitative estimate of drug-likeness (QED) is 0.404. The van der Waals surface area contributed by atoms with Gasteiger partial charge in [0, 0.05) is 25.7 Å². The molecule has 4 rings (SSSR count). The molecule has 0 fully saturated rings. The van der Waals surface area contributed by atoms with Crippen molar-refractivity contribution in [1.82, 2.24) is 9.13 Å². The number of aromatic nitrogens is 2. The van der Waals surface area contributed by atoms with Gasteiger partial charge in [0.1, 0.15) is 11.5 Å². The zero-order valence-corrected chi connectivity index (χ0v) is 19.8. The smallest absolute Gasteiger partial charge is 0.328 e. The van der Waals surface area contributed by atoms with Crippen molar-refractivity contribution in [3.05, 3.63) is 76.7 Å². The number of ketones is 1. The van der Waals surface area contributed by atoms with E-state index in [0.29, 0.717) is 28.1 Å². The van der Waals surface area contributed by atoms with E-state index in [2.05, 4.69) is 4.72 Å². The van der Waals surface area contributed by atoms with Gasteiger partial charge in [0.25, 0.3) is 10.0 Å². The van der Waals surface area contributed by atoms with E-state index in [4.69, 9.17) is 9.47 Å². The highest BCUT2D eigenvalue weighted by Crippen LogP contribution is 2.35. The molecule has 9 nitrogen and oxygen atoms in total. The molecule has 0 amide bonds. The first-order chi connectivity index (χ1) is 16.1. The molecular weight excluding hydrogens is 458 g/mol. The Labute approximate surface area is 196 Å². The van der Waals surface area contributed by atoms with Gasteiger partial charge in [-0.2, -0.15) is 0 Å². The van der Waals surface area contributed by atoms with Gasteiger partial charge < -0.3 is 9.47 Å². The van der Waals surface area contributed by atoms with Crippen molar-refractivity contribution < 1.29 is 22.7 Å². The second kappa shape index (κ2) is 8.71. The van der Waals surface area contributed by atoms with Crippen molar-refractivity contribution in [2.45, 2.75) is 11.8 Å². The molecule has 0 radical (unpaired) electrons. The first kappa shape index (κ1) is 23.1. The third-order valence-electron chi connectivity index (χ3n) is 5.48. The van der Waals surface area contributed by atoms with Gasteiger partial charge in [0.15, 0.2) is 11.5 Å². The predicted molar refractivity (Wildman–Crippen MR) is 128 cm³/mol. The fourth-order valence-corrected chi connectivity index (χ4v) is 4.59. The number of benzene rings is 3. The van der Waals surface area contributed by atoms with Crippen LogP contribution in [-0.4, -0.2) is 30.4 Å². The average Bonchev–Trinajstić information content (AvgIpc) is 3.03. The number of imidazole rings is 1. The van der Waals surface area contributed by atoms with E-state index in [-0.39, 0.29) is 27.8 Å². The van der Waals surface area contributed by atoms with Crippen LogP contribution >= 0.6 is 0 Å². The van der Waals surface area contributed by atoms with Crippen LogP contribution in [0.3, 0.4) is 0 Å². The van der Waals surface area contributed by atoms with E-state index < -0.39 is 10.0 Å². The number of anilines is 1. The monoisotopic (exact) mass is 481 g/mol. The summed E-state index contributed by atoms with van der Waals surface area (Å²) in [6.07, 6.45) is 0. The Morgan fingerprint density at radius 1 is 0.882 bits per heavy atom. The molecule has 176 valence electrons. The Morgan fingerprint density at radius 3 is 2.00 bits per heavy atom. The molecule has 10 heteroatoms. The minimum atomic E-state index is -4.02. The maximum absolute atomic E-state index is 13.1. The molecular formula is C24H23N3O6S. The molecule has 0 aliphatic rings. The number of hydrogen-bond donors (Lipinski definition) is 1. The largest absolute Gasteiger partial charge is 0.497 e. The lowest BCUT2D eigenvalue weighted by molar-refractivity contribution is 0.101. The molecule has 0 aliphatic heterocycles. The van der Waals surface area contributed by atoms with Crippen LogP contribution in [0.2, 0.25) is 0 Å². The Kier molecular flexibility index (Phi) is 5.92. The molecule has 3 aromatic carbocycles. The lowest BCUT2D eigenvalue weighted by atomic mass is 10.2. The highest BCUT2D eigenvalue weighted by Gasteiger charge is 2.20. The van der Waals surface area contributed by atoms with Gasteiger partial charge >= 0.3 is 5.69 Å². The number of sulfonamides is 1. The predicted octanol–water partition coefficient (Wildman–Crippen LogP) is 3.68. The third kappa shape index (κ3) is 4.27. The van der Waals surface area contributed by atoms with Crippen LogP contribution in [0, 0.1) is 0 Å². The number of hydrogen-bond acceptors (Lipinski definition) is 6. The lowest BCUT2D eigenvalue weighted by Crippen LogP contribution is -2.19. The van der Waals surface area contributed by atoms with Crippen molar-refractivity contribution in [2.75, 3.05) is 11.8 Å². The number of Topliss-reactive ketones (excluding diaryl/α,β-unsaturated/α-hetero) is 1. The molecule has 0 saturated carbocycles. The average molecular weight is 482 g/mol.